The summed E-state index contributed by atoms with van der Waals surface area (Å²) in [6.45, 7) is 4.94. The fraction of sp³-hybridized carbons (Fsp3) is 0.909. The minimum absolute atomic E-state index is 0.136. The monoisotopic (exact) mass is 215 g/mol. The van der Waals surface area contributed by atoms with Crippen LogP contribution in [0.2, 0.25) is 0 Å². The second-order valence-corrected chi connectivity index (χ2v) is 3.88. The van der Waals surface area contributed by atoms with Crippen LogP contribution in [0.3, 0.4) is 0 Å². The first-order valence-electron chi connectivity index (χ1n) is 5.77. The largest absolute Gasteiger partial charge is 0.396 e. The van der Waals surface area contributed by atoms with E-state index in [2.05, 4.69) is 0 Å². The van der Waals surface area contributed by atoms with Crippen molar-refractivity contribution in [3.05, 3.63) is 0 Å². The van der Waals surface area contributed by atoms with E-state index in [0.29, 0.717) is 26.2 Å². The van der Waals surface area contributed by atoms with E-state index in [0.717, 1.165) is 19.4 Å². The summed E-state index contributed by atoms with van der Waals surface area (Å²) < 4.78 is 5.23. The van der Waals surface area contributed by atoms with Gasteiger partial charge in [0.1, 0.15) is 0 Å². The van der Waals surface area contributed by atoms with Gasteiger partial charge in [0.15, 0.2) is 0 Å². The Morgan fingerprint density at radius 1 is 1.47 bits per heavy atom. The minimum atomic E-state index is 0.136. The molecule has 1 heterocycles. The lowest BCUT2D eigenvalue weighted by molar-refractivity contribution is -0.138. The zero-order chi connectivity index (χ0) is 11.1. The molecule has 0 unspecified atom stereocenters. The molecule has 1 aliphatic heterocycles. The lowest BCUT2D eigenvalue weighted by Crippen LogP contribution is -2.39. The van der Waals surface area contributed by atoms with Gasteiger partial charge in [0, 0.05) is 38.8 Å². The minimum Gasteiger partial charge on any atom is -0.396 e. The fourth-order valence-electron chi connectivity index (χ4n) is 1.89. The first kappa shape index (κ1) is 12.5. The molecular weight excluding hydrogens is 194 g/mol. The molecule has 0 aromatic heterocycles. The van der Waals surface area contributed by atoms with E-state index in [1.165, 1.54) is 0 Å². The highest BCUT2D eigenvalue weighted by molar-refractivity contribution is 5.78. The van der Waals surface area contributed by atoms with E-state index >= 15 is 0 Å². The summed E-state index contributed by atoms with van der Waals surface area (Å²) in [5.74, 6) is 0.367. The van der Waals surface area contributed by atoms with Crippen LogP contribution in [0.4, 0.5) is 0 Å². The van der Waals surface area contributed by atoms with Crippen molar-refractivity contribution in [2.45, 2.75) is 26.2 Å². The van der Waals surface area contributed by atoms with Gasteiger partial charge in [0.2, 0.25) is 5.91 Å². The normalized spacial score (nSPS) is 17.7. The Hall–Kier alpha value is -0.610. The lowest BCUT2D eigenvalue weighted by Gasteiger charge is -2.28. The van der Waals surface area contributed by atoms with Crippen LogP contribution in [-0.4, -0.2) is 48.8 Å². The second-order valence-electron chi connectivity index (χ2n) is 3.88. The van der Waals surface area contributed by atoms with Gasteiger partial charge in [-0.1, -0.05) is 0 Å². The number of hydrogen-bond acceptors (Lipinski definition) is 3. The molecule has 1 saturated heterocycles. The highest BCUT2D eigenvalue weighted by Gasteiger charge is 2.25. The van der Waals surface area contributed by atoms with Crippen molar-refractivity contribution >= 4 is 5.91 Å². The maximum absolute atomic E-state index is 12.0. The molecule has 0 radical (unpaired) electrons. The summed E-state index contributed by atoms with van der Waals surface area (Å²) in [7, 11) is 0. The third-order valence-electron chi connectivity index (χ3n) is 2.85. The SMILES string of the molecule is CCN(CCCO)C(=O)C1CCOCC1. The number of rotatable bonds is 5. The number of carbonyl (C=O) groups excluding carboxylic acids is 1. The molecule has 1 fully saturated rings. The zero-order valence-corrected chi connectivity index (χ0v) is 9.45. The van der Waals surface area contributed by atoms with Crippen LogP contribution in [0.15, 0.2) is 0 Å². The number of ether oxygens (including phenoxy) is 1. The molecule has 4 heteroatoms. The zero-order valence-electron chi connectivity index (χ0n) is 9.45. The molecule has 4 nitrogen and oxygen atoms in total. The van der Waals surface area contributed by atoms with Crippen molar-refractivity contribution in [3.8, 4) is 0 Å². The molecule has 1 amide bonds. The van der Waals surface area contributed by atoms with Crippen molar-refractivity contribution in [1.29, 1.82) is 0 Å². The van der Waals surface area contributed by atoms with E-state index < -0.39 is 0 Å². The molecule has 0 aromatic rings. The first-order chi connectivity index (χ1) is 7.29. The third-order valence-corrected chi connectivity index (χ3v) is 2.85. The van der Waals surface area contributed by atoms with Gasteiger partial charge in [0.25, 0.3) is 0 Å². The summed E-state index contributed by atoms with van der Waals surface area (Å²) in [6.07, 6.45) is 2.35. The molecule has 88 valence electrons. The Kier molecular flexibility index (Phi) is 5.65. The molecule has 1 rings (SSSR count). The summed E-state index contributed by atoms with van der Waals surface area (Å²) in [4.78, 5) is 13.9. The summed E-state index contributed by atoms with van der Waals surface area (Å²) in [5.41, 5.74) is 0. The molecular formula is C11H21NO3. The number of hydrogen-bond donors (Lipinski definition) is 1. The third kappa shape index (κ3) is 3.80. The van der Waals surface area contributed by atoms with Crippen LogP contribution in [0, 0.1) is 5.92 Å². The van der Waals surface area contributed by atoms with Gasteiger partial charge < -0.3 is 14.7 Å². The molecule has 0 bridgehead atoms. The summed E-state index contributed by atoms with van der Waals surface area (Å²) >= 11 is 0. The van der Waals surface area contributed by atoms with Gasteiger partial charge in [-0.3, -0.25) is 4.79 Å². The summed E-state index contributed by atoms with van der Waals surface area (Å²) in [5, 5.41) is 8.74. The molecule has 0 saturated carbocycles. The molecule has 1 N–H and O–H groups in total. The number of carbonyl (C=O) groups is 1. The molecule has 1 aliphatic rings. The molecule has 15 heavy (non-hydrogen) atoms. The smallest absolute Gasteiger partial charge is 0.225 e. The Bertz CT molecular complexity index is 190. The van der Waals surface area contributed by atoms with E-state index in [9.17, 15) is 4.79 Å². The number of aliphatic hydroxyl groups excluding tert-OH is 1. The van der Waals surface area contributed by atoms with Gasteiger partial charge in [-0.05, 0) is 26.2 Å². The van der Waals surface area contributed by atoms with Crippen molar-refractivity contribution in [2.24, 2.45) is 5.92 Å². The van der Waals surface area contributed by atoms with Crippen LogP contribution in [0.5, 0.6) is 0 Å². The van der Waals surface area contributed by atoms with Crippen molar-refractivity contribution in [3.63, 3.8) is 0 Å². The number of amides is 1. The average molecular weight is 215 g/mol. The Labute approximate surface area is 91.2 Å². The lowest BCUT2D eigenvalue weighted by atomic mass is 9.98. The van der Waals surface area contributed by atoms with Crippen LogP contribution in [0.1, 0.15) is 26.2 Å². The van der Waals surface area contributed by atoms with Crippen LogP contribution >= 0.6 is 0 Å². The fourth-order valence-corrected chi connectivity index (χ4v) is 1.89. The van der Waals surface area contributed by atoms with Gasteiger partial charge >= 0.3 is 0 Å². The molecule has 0 aromatic carbocycles. The first-order valence-corrected chi connectivity index (χ1v) is 5.77. The highest BCUT2D eigenvalue weighted by Crippen LogP contribution is 2.17. The Morgan fingerprint density at radius 3 is 2.67 bits per heavy atom. The van der Waals surface area contributed by atoms with Crippen molar-refractivity contribution in [1.82, 2.24) is 4.90 Å². The van der Waals surface area contributed by atoms with Gasteiger partial charge in [-0.2, -0.15) is 0 Å². The topological polar surface area (TPSA) is 49.8 Å². The van der Waals surface area contributed by atoms with Crippen LogP contribution < -0.4 is 0 Å². The van der Waals surface area contributed by atoms with E-state index in [1.807, 2.05) is 11.8 Å². The van der Waals surface area contributed by atoms with E-state index in [1.54, 1.807) is 0 Å². The van der Waals surface area contributed by atoms with Crippen molar-refractivity contribution in [2.75, 3.05) is 32.9 Å². The van der Waals surface area contributed by atoms with Crippen LogP contribution in [0.25, 0.3) is 0 Å². The van der Waals surface area contributed by atoms with Gasteiger partial charge in [-0.25, -0.2) is 0 Å². The molecule has 0 atom stereocenters. The standard InChI is InChI=1S/C11H21NO3/c1-2-12(6-3-7-13)11(14)10-4-8-15-9-5-10/h10,13H,2-9H2,1H3. The second kappa shape index (κ2) is 6.80. The van der Waals surface area contributed by atoms with Gasteiger partial charge in [-0.15, -0.1) is 0 Å². The predicted molar refractivity (Wildman–Crippen MR) is 57.5 cm³/mol. The average Bonchev–Trinajstić information content (AvgIpc) is 2.31. The van der Waals surface area contributed by atoms with Crippen LogP contribution in [-0.2, 0) is 9.53 Å². The predicted octanol–water partition coefficient (Wildman–Crippen LogP) is 0.644. The van der Waals surface area contributed by atoms with E-state index in [-0.39, 0.29) is 18.4 Å². The molecule has 0 spiro atoms. The molecule has 0 aliphatic carbocycles. The van der Waals surface area contributed by atoms with E-state index in [4.69, 9.17) is 9.84 Å². The highest BCUT2D eigenvalue weighted by atomic mass is 16.5. The number of aliphatic hydroxyl groups is 1. The Morgan fingerprint density at radius 2 is 2.13 bits per heavy atom. The number of nitrogens with zero attached hydrogens (tertiary/aromatic N) is 1. The summed E-state index contributed by atoms with van der Waals surface area (Å²) in [6, 6.07) is 0. The Balaban J connectivity index is 2.40. The maximum atomic E-state index is 12.0. The maximum Gasteiger partial charge on any atom is 0.225 e. The van der Waals surface area contributed by atoms with Gasteiger partial charge in [0.05, 0.1) is 0 Å². The quantitative estimate of drug-likeness (QED) is 0.732. The van der Waals surface area contributed by atoms with Crippen molar-refractivity contribution < 1.29 is 14.6 Å².